The van der Waals surface area contributed by atoms with Crippen molar-refractivity contribution in [2.24, 2.45) is 0 Å². The van der Waals surface area contributed by atoms with Crippen molar-refractivity contribution in [2.75, 3.05) is 49.1 Å². The zero-order chi connectivity index (χ0) is 19.5. The zero-order valence-corrected chi connectivity index (χ0v) is 17.8. The van der Waals surface area contributed by atoms with Gasteiger partial charge in [-0.2, -0.15) is 0 Å². The number of anilines is 2. The summed E-state index contributed by atoms with van der Waals surface area (Å²) in [7, 11) is 0. The minimum absolute atomic E-state index is 0.224. The van der Waals surface area contributed by atoms with E-state index in [1.54, 1.807) is 0 Å². The maximum absolute atomic E-state index is 13.0. The molecule has 0 radical (unpaired) electrons. The van der Waals surface area contributed by atoms with Gasteiger partial charge in [-0.05, 0) is 36.8 Å². The van der Waals surface area contributed by atoms with Crippen molar-refractivity contribution in [2.45, 2.75) is 23.5 Å². The summed E-state index contributed by atoms with van der Waals surface area (Å²) in [5.41, 5.74) is 2.33. The topological polar surface area (TPSA) is 26.8 Å². The van der Waals surface area contributed by atoms with Gasteiger partial charge in [-0.3, -0.25) is 4.79 Å². The van der Waals surface area contributed by atoms with Crippen molar-refractivity contribution in [1.29, 1.82) is 0 Å². The van der Waals surface area contributed by atoms with Crippen LogP contribution >= 0.6 is 23.4 Å². The summed E-state index contributed by atoms with van der Waals surface area (Å²) in [6, 6.07) is 16.4. The van der Waals surface area contributed by atoms with E-state index < -0.39 is 0 Å². The fourth-order valence-electron chi connectivity index (χ4n) is 3.89. The molecular weight excluding hydrogens is 390 g/mol. The van der Waals surface area contributed by atoms with Crippen molar-refractivity contribution >= 4 is 40.6 Å². The smallest absolute Gasteiger partial charge is 0.242 e. The summed E-state index contributed by atoms with van der Waals surface area (Å²) in [6.45, 7) is 6.82. The van der Waals surface area contributed by atoms with Gasteiger partial charge in [0.2, 0.25) is 5.91 Å². The first kappa shape index (κ1) is 19.5. The largest absolute Gasteiger partial charge is 0.368 e. The first-order valence-corrected chi connectivity index (χ1v) is 11.2. The van der Waals surface area contributed by atoms with Crippen LogP contribution in [0.4, 0.5) is 11.4 Å². The Bertz CT molecular complexity index is 838. The molecular formula is C22H26ClN3OS. The SMILES string of the molecule is CC[C@@H]1CN(CC(=O)N2CCN(c3cccc(Cl)c3)CC2)c2ccccc2S1. The second kappa shape index (κ2) is 8.66. The lowest BCUT2D eigenvalue weighted by atomic mass is 10.2. The molecule has 0 aliphatic carbocycles. The molecule has 2 aromatic carbocycles. The molecule has 1 atom stereocenters. The lowest BCUT2D eigenvalue weighted by molar-refractivity contribution is -0.130. The second-order valence-electron chi connectivity index (χ2n) is 7.34. The van der Waals surface area contributed by atoms with Crippen LogP contribution in [-0.2, 0) is 4.79 Å². The third kappa shape index (κ3) is 4.26. The zero-order valence-electron chi connectivity index (χ0n) is 16.2. The number of carbonyl (C=O) groups excluding carboxylic acids is 1. The van der Waals surface area contributed by atoms with Crippen molar-refractivity contribution in [3.05, 3.63) is 53.6 Å². The average Bonchev–Trinajstić information content (AvgIpc) is 2.73. The summed E-state index contributed by atoms with van der Waals surface area (Å²) in [6.07, 6.45) is 1.11. The Morgan fingerprint density at radius 2 is 1.89 bits per heavy atom. The highest BCUT2D eigenvalue weighted by Gasteiger charge is 2.28. The minimum Gasteiger partial charge on any atom is -0.368 e. The Morgan fingerprint density at radius 3 is 2.64 bits per heavy atom. The molecule has 4 nitrogen and oxygen atoms in total. The number of amides is 1. The summed E-state index contributed by atoms with van der Waals surface area (Å²) in [4.78, 5) is 20.9. The Labute approximate surface area is 176 Å². The highest BCUT2D eigenvalue weighted by molar-refractivity contribution is 8.00. The van der Waals surface area contributed by atoms with E-state index in [1.165, 1.54) is 10.6 Å². The highest BCUT2D eigenvalue weighted by Crippen LogP contribution is 2.39. The number of rotatable bonds is 4. The molecule has 0 bridgehead atoms. The summed E-state index contributed by atoms with van der Waals surface area (Å²) in [5.74, 6) is 0.224. The van der Waals surface area contributed by atoms with Crippen LogP contribution in [0.1, 0.15) is 13.3 Å². The predicted molar refractivity (Wildman–Crippen MR) is 119 cm³/mol. The number of benzene rings is 2. The third-order valence-corrected chi connectivity index (χ3v) is 7.16. The van der Waals surface area contributed by atoms with Crippen LogP contribution in [0, 0.1) is 0 Å². The number of para-hydroxylation sites is 1. The molecule has 0 spiro atoms. The number of thioether (sulfide) groups is 1. The molecule has 1 saturated heterocycles. The minimum atomic E-state index is 0.224. The fraction of sp³-hybridized carbons (Fsp3) is 0.409. The molecule has 0 aromatic heterocycles. The van der Waals surface area contributed by atoms with Gasteiger partial charge in [-0.15, -0.1) is 11.8 Å². The highest BCUT2D eigenvalue weighted by atomic mass is 35.5. The standard InChI is InChI=1S/C22H26ClN3OS/c1-2-19-15-26(20-8-3-4-9-21(20)28-19)16-22(27)25-12-10-24(11-13-25)18-7-5-6-17(23)14-18/h3-9,14,19H,2,10-13,15-16H2,1H3/t19-/m1/s1. The summed E-state index contributed by atoms with van der Waals surface area (Å²) < 4.78 is 0. The van der Waals surface area contributed by atoms with Gasteiger partial charge in [0, 0.05) is 53.6 Å². The van der Waals surface area contributed by atoms with Gasteiger partial charge in [0.15, 0.2) is 0 Å². The van der Waals surface area contributed by atoms with Gasteiger partial charge in [-0.1, -0.05) is 36.7 Å². The van der Waals surface area contributed by atoms with Crippen LogP contribution < -0.4 is 9.80 Å². The Hall–Kier alpha value is -1.85. The second-order valence-corrected chi connectivity index (χ2v) is 9.12. The molecule has 28 heavy (non-hydrogen) atoms. The van der Waals surface area contributed by atoms with Crippen molar-refractivity contribution in [1.82, 2.24) is 4.90 Å². The van der Waals surface area contributed by atoms with Crippen LogP contribution in [0.25, 0.3) is 0 Å². The fourth-order valence-corrected chi connectivity index (χ4v) is 5.33. The van der Waals surface area contributed by atoms with E-state index in [-0.39, 0.29) is 5.91 Å². The monoisotopic (exact) mass is 415 g/mol. The molecule has 2 heterocycles. The Morgan fingerprint density at radius 1 is 1.11 bits per heavy atom. The number of piperazine rings is 1. The van der Waals surface area contributed by atoms with Gasteiger partial charge >= 0.3 is 0 Å². The van der Waals surface area contributed by atoms with Crippen molar-refractivity contribution in [3.63, 3.8) is 0 Å². The van der Waals surface area contributed by atoms with Crippen LogP contribution in [0.3, 0.4) is 0 Å². The number of nitrogens with zero attached hydrogens (tertiary/aromatic N) is 3. The average molecular weight is 416 g/mol. The molecule has 2 aliphatic heterocycles. The number of fused-ring (bicyclic) bond motifs is 1. The molecule has 1 amide bonds. The number of halogens is 1. The van der Waals surface area contributed by atoms with Gasteiger partial charge in [0.25, 0.3) is 0 Å². The predicted octanol–water partition coefficient (Wildman–Crippen LogP) is 4.38. The lowest BCUT2D eigenvalue weighted by Crippen LogP contribution is -2.52. The van der Waals surface area contributed by atoms with Crippen LogP contribution in [-0.4, -0.2) is 55.3 Å². The first-order valence-electron chi connectivity index (χ1n) is 9.93. The number of hydrogen-bond acceptors (Lipinski definition) is 4. The van der Waals surface area contributed by atoms with Crippen molar-refractivity contribution in [3.8, 4) is 0 Å². The van der Waals surface area contributed by atoms with Crippen LogP contribution in [0.2, 0.25) is 5.02 Å². The van der Waals surface area contributed by atoms with E-state index in [2.05, 4.69) is 47.1 Å². The molecule has 2 aromatic rings. The molecule has 148 valence electrons. The van der Waals surface area contributed by atoms with E-state index >= 15 is 0 Å². The number of carbonyl (C=O) groups is 1. The van der Waals surface area contributed by atoms with E-state index in [4.69, 9.17) is 11.6 Å². The third-order valence-electron chi connectivity index (χ3n) is 5.51. The maximum Gasteiger partial charge on any atom is 0.242 e. The van der Waals surface area contributed by atoms with Crippen molar-refractivity contribution < 1.29 is 4.79 Å². The Balaban J connectivity index is 1.38. The first-order chi connectivity index (χ1) is 13.6. The van der Waals surface area contributed by atoms with Gasteiger partial charge in [-0.25, -0.2) is 0 Å². The van der Waals surface area contributed by atoms with Gasteiger partial charge < -0.3 is 14.7 Å². The van der Waals surface area contributed by atoms with Gasteiger partial charge in [0.05, 0.1) is 12.2 Å². The van der Waals surface area contributed by atoms with E-state index in [9.17, 15) is 4.79 Å². The van der Waals surface area contributed by atoms with E-state index in [0.717, 1.165) is 49.9 Å². The van der Waals surface area contributed by atoms with E-state index in [1.807, 2.05) is 34.9 Å². The molecule has 4 rings (SSSR count). The quantitative estimate of drug-likeness (QED) is 0.740. The van der Waals surface area contributed by atoms with Crippen LogP contribution in [0.5, 0.6) is 0 Å². The molecule has 1 fully saturated rings. The molecule has 2 aliphatic rings. The molecule has 6 heteroatoms. The summed E-state index contributed by atoms with van der Waals surface area (Å²) in [5, 5.41) is 1.30. The van der Waals surface area contributed by atoms with Gasteiger partial charge in [0.1, 0.15) is 0 Å². The van der Waals surface area contributed by atoms with E-state index in [0.29, 0.717) is 11.8 Å². The molecule has 0 saturated carbocycles. The molecule has 0 N–H and O–H groups in total. The number of hydrogen-bond donors (Lipinski definition) is 0. The summed E-state index contributed by atoms with van der Waals surface area (Å²) >= 11 is 8.06. The lowest BCUT2D eigenvalue weighted by Gasteiger charge is -2.39. The Kier molecular flexibility index (Phi) is 6.02. The van der Waals surface area contributed by atoms with Crippen LogP contribution in [0.15, 0.2) is 53.4 Å². The molecule has 0 unspecified atom stereocenters. The normalized spacial score (nSPS) is 19.5. The maximum atomic E-state index is 13.0.